The first-order valence-corrected chi connectivity index (χ1v) is 20.7. The second-order valence-electron chi connectivity index (χ2n) is 16.7. The molecule has 3 amide bonds. The van der Waals surface area contributed by atoms with Crippen LogP contribution in [0.4, 0.5) is 26.7 Å². The third-order valence-corrected chi connectivity index (χ3v) is 9.71. The molecule has 320 valence electrons. The Morgan fingerprint density at radius 3 is 1.86 bits per heavy atom. The van der Waals surface area contributed by atoms with E-state index in [1.165, 1.54) is 7.05 Å². The topological polar surface area (TPSA) is 171 Å². The number of hydrogen-bond donors (Lipinski definition) is 2. The lowest BCUT2D eigenvalue weighted by molar-refractivity contribution is -0.167. The van der Waals surface area contributed by atoms with Gasteiger partial charge >= 0.3 is 31.9 Å². The van der Waals surface area contributed by atoms with Crippen LogP contribution in [-0.4, -0.2) is 80.4 Å². The minimum absolute atomic E-state index is 0.0158. The number of carbonyl (C=O) groups is 4. The molecule has 0 saturated heterocycles. The highest BCUT2D eigenvalue weighted by Gasteiger charge is 2.37. The minimum Gasteiger partial charge on any atom is -0.428 e. The molecule has 2 rings (SSSR count). The molecule has 0 unspecified atom stereocenters. The zero-order valence-corrected chi connectivity index (χ0v) is 37.0. The first-order chi connectivity index (χ1) is 26.4. The molecule has 2 aromatic carbocycles. The summed E-state index contributed by atoms with van der Waals surface area (Å²) in [5.41, 5.74) is 2.27. The van der Waals surface area contributed by atoms with Crippen LogP contribution in [0.2, 0.25) is 0 Å². The van der Waals surface area contributed by atoms with Gasteiger partial charge in [0.15, 0.2) is 0 Å². The van der Waals surface area contributed by atoms with E-state index in [1.54, 1.807) is 41.5 Å². The number of esters is 2. The van der Waals surface area contributed by atoms with Crippen LogP contribution in [0.15, 0.2) is 42.5 Å². The Bertz CT molecular complexity index is 1640. The van der Waals surface area contributed by atoms with Crippen molar-refractivity contribution in [3.63, 3.8) is 0 Å². The van der Waals surface area contributed by atoms with Gasteiger partial charge in [0.1, 0.15) is 6.54 Å². The van der Waals surface area contributed by atoms with Crippen molar-refractivity contribution in [2.24, 2.45) is 11.8 Å². The number of nitrogens with zero attached hydrogens (tertiary/aromatic N) is 2. The molecule has 16 heteroatoms. The molecule has 0 radical (unpaired) electrons. The van der Waals surface area contributed by atoms with E-state index in [4.69, 9.17) is 27.8 Å². The average Bonchev–Trinajstić information content (AvgIpc) is 3.05. The van der Waals surface area contributed by atoms with Gasteiger partial charge in [-0.2, -0.15) is 0 Å². The van der Waals surface area contributed by atoms with E-state index in [2.05, 4.69) is 43.2 Å². The van der Waals surface area contributed by atoms with Crippen LogP contribution in [0.5, 0.6) is 0 Å². The van der Waals surface area contributed by atoms with E-state index in [-0.39, 0.29) is 12.3 Å². The average molecular weight is 821 g/mol. The summed E-state index contributed by atoms with van der Waals surface area (Å²) in [4.78, 5) is 54.3. The van der Waals surface area contributed by atoms with Gasteiger partial charge in [0, 0.05) is 25.8 Å². The second kappa shape index (κ2) is 22.1. The van der Waals surface area contributed by atoms with Crippen molar-refractivity contribution >= 4 is 48.9 Å². The predicted octanol–water partition coefficient (Wildman–Crippen LogP) is 9.47. The summed E-state index contributed by atoms with van der Waals surface area (Å²) in [5.74, 6) is -0.999. The number of carbonyl (C=O) groups excluding carboxylic acids is 4. The molecule has 0 spiro atoms. The Labute approximate surface area is 339 Å². The van der Waals surface area contributed by atoms with Crippen LogP contribution in [-0.2, 0) is 41.9 Å². The maximum Gasteiger partial charge on any atom is 0.478 e. The monoisotopic (exact) mass is 820 g/mol. The molecule has 0 fully saturated rings. The van der Waals surface area contributed by atoms with Crippen molar-refractivity contribution in [2.75, 3.05) is 55.8 Å². The van der Waals surface area contributed by atoms with E-state index in [9.17, 15) is 23.7 Å². The van der Waals surface area contributed by atoms with Crippen LogP contribution >= 0.6 is 7.82 Å². The summed E-state index contributed by atoms with van der Waals surface area (Å²) in [7, 11) is -2.85. The molecule has 57 heavy (non-hydrogen) atoms. The van der Waals surface area contributed by atoms with Crippen molar-refractivity contribution in [3.05, 3.63) is 53.6 Å². The number of nitrogens with one attached hydrogen (secondary N) is 2. The molecule has 0 aromatic heterocycles. The zero-order chi connectivity index (χ0) is 43.1. The number of anilines is 3. The van der Waals surface area contributed by atoms with Gasteiger partial charge in [0.05, 0.1) is 29.0 Å². The number of likely N-dealkylation sites (N-methyl/N-ethyl adjacent to an activating group) is 1. The van der Waals surface area contributed by atoms with E-state index in [0.29, 0.717) is 29.6 Å². The summed E-state index contributed by atoms with van der Waals surface area (Å²) in [6.45, 7) is 22.1. The molecule has 2 N–H and O–H groups in total. The molecule has 0 aliphatic heterocycles. The number of phosphoric ester groups is 1. The van der Waals surface area contributed by atoms with Crippen LogP contribution in [0.1, 0.15) is 106 Å². The van der Waals surface area contributed by atoms with Crippen molar-refractivity contribution in [1.29, 1.82) is 0 Å². The number of hydrogen-bond acceptors (Lipinski definition) is 12. The summed E-state index contributed by atoms with van der Waals surface area (Å²) >= 11 is 0. The maximum absolute atomic E-state index is 13.2. The normalized spacial score (nSPS) is 12.5. The van der Waals surface area contributed by atoms with E-state index in [0.717, 1.165) is 34.8 Å². The third-order valence-electron chi connectivity index (χ3n) is 7.75. The number of phosphoric acid groups is 1. The second-order valence-corrected chi connectivity index (χ2v) is 18.3. The molecule has 0 bridgehead atoms. The third kappa shape index (κ3) is 19.2. The van der Waals surface area contributed by atoms with Gasteiger partial charge in [0.2, 0.25) is 13.6 Å². The molecule has 2 aromatic rings. The first kappa shape index (κ1) is 49.0. The molecule has 0 saturated carbocycles. The highest BCUT2D eigenvalue weighted by Crippen LogP contribution is 2.55. The summed E-state index contributed by atoms with van der Waals surface area (Å²) in [5, 5.41) is 5.94. The Morgan fingerprint density at radius 1 is 0.772 bits per heavy atom. The molecule has 15 nitrogen and oxygen atoms in total. The maximum atomic E-state index is 13.2. The van der Waals surface area contributed by atoms with Crippen molar-refractivity contribution < 1.29 is 51.5 Å². The van der Waals surface area contributed by atoms with Gasteiger partial charge in [-0.05, 0) is 102 Å². The van der Waals surface area contributed by atoms with Gasteiger partial charge in [-0.25, -0.2) is 18.7 Å². The smallest absolute Gasteiger partial charge is 0.428 e. The van der Waals surface area contributed by atoms with Crippen molar-refractivity contribution in [3.8, 4) is 0 Å². The number of amides is 3. The highest BCUT2D eigenvalue weighted by molar-refractivity contribution is 7.48. The quantitative estimate of drug-likeness (QED) is 0.0738. The van der Waals surface area contributed by atoms with Gasteiger partial charge in [0.25, 0.3) is 0 Å². The fourth-order valence-electron chi connectivity index (χ4n) is 5.47. The summed E-state index contributed by atoms with van der Waals surface area (Å²) in [6, 6.07) is 13.0. The molecule has 0 heterocycles. The lowest BCUT2D eigenvalue weighted by Gasteiger charge is -2.31. The van der Waals surface area contributed by atoms with Crippen molar-refractivity contribution in [1.82, 2.24) is 4.90 Å². The van der Waals surface area contributed by atoms with Crippen molar-refractivity contribution in [2.45, 2.75) is 113 Å². The van der Waals surface area contributed by atoms with E-state index >= 15 is 0 Å². The zero-order valence-electron chi connectivity index (χ0n) is 36.1. The Kier molecular flexibility index (Phi) is 19.0. The highest BCUT2D eigenvalue weighted by atomic mass is 31.2. The van der Waals surface area contributed by atoms with Crippen LogP contribution in [0.3, 0.4) is 0 Å². The lowest BCUT2D eigenvalue weighted by atomic mass is 9.92. The lowest BCUT2D eigenvalue weighted by Crippen LogP contribution is -2.34. The molecular formula is C41H65N4O11P. The number of urea groups is 1. The largest absolute Gasteiger partial charge is 0.478 e. The molecule has 0 aliphatic rings. The van der Waals surface area contributed by atoms with E-state index < -0.39 is 63.2 Å². The SMILES string of the molecule is CC[C@@H](CC(=O)OCOC(=O)CN(C)C(=O)OCOP(=O)(OC(C)(C)C)OC(C)(C)C)c1ccc(N(CC(C)C)CC(C)C)c(NC(=O)Nc2ccc(C)cc2)c1. The standard InChI is InChI=1S/C41H65N4O11P/c1-14-31(22-36(46)51-26-52-37(47)25-44(13)39(49)53-27-54-57(50,55-40(7,8)9)56-41(10,11)12)32-17-20-35(45(23-28(2)3)24-29(4)5)34(21-32)43-38(48)42-33-18-15-30(6)16-19-33/h15-21,28-29,31H,14,22-27H2,1-13H3,(H2,42,43,48)/t31-/m0/s1. The van der Waals surface area contributed by atoms with Gasteiger partial charge in [-0.3, -0.25) is 18.6 Å². The number of ether oxygens (including phenoxy) is 3. The Balaban J connectivity index is 2.04. The molecule has 1 atom stereocenters. The fraction of sp³-hybridized carbons (Fsp3) is 0.610. The molecule has 0 aliphatic carbocycles. The fourth-order valence-corrected chi connectivity index (χ4v) is 7.14. The Morgan fingerprint density at radius 2 is 1.33 bits per heavy atom. The number of benzene rings is 2. The van der Waals surface area contributed by atoms with Crippen LogP contribution < -0.4 is 15.5 Å². The van der Waals surface area contributed by atoms with Gasteiger partial charge in [-0.1, -0.05) is 58.4 Å². The van der Waals surface area contributed by atoms with Gasteiger partial charge in [-0.15, -0.1) is 0 Å². The number of rotatable bonds is 20. The predicted molar refractivity (Wildman–Crippen MR) is 221 cm³/mol. The van der Waals surface area contributed by atoms with E-state index in [1.807, 2.05) is 56.3 Å². The first-order valence-electron chi connectivity index (χ1n) is 19.3. The minimum atomic E-state index is -4.13. The Hall–Kier alpha value is -4.17. The summed E-state index contributed by atoms with van der Waals surface area (Å²) in [6.07, 6.45) is -0.406. The van der Waals surface area contributed by atoms with Crippen LogP contribution in [0, 0.1) is 18.8 Å². The molecular weight excluding hydrogens is 755 g/mol. The summed E-state index contributed by atoms with van der Waals surface area (Å²) < 4.78 is 44.5. The number of aryl methyl sites for hydroxylation is 1. The van der Waals surface area contributed by atoms with Gasteiger partial charge < -0.3 is 34.6 Å². The van der Waals surface area contributed by atoms with Crippen LogP contribution in [0.25, 0.3) is 0 Å².